The molecule has 2 heterocycles. The van der Waals surface area contributed by atoms with E-state index in [1.54, 1.807) is 48.8 Å². The van der Waals surface area contributed by atoms with Gasteiger partial charge in [0.05, 0.1) is 17.4 Å². The minimum absolute atomic E-state index is 0.132. The molecule has 144 valence electrons. The number of imidazole rings is 1. The van der Waals surface area contributed by atoms with Gasteiger partial charge in [-0.15, -0.1) is 0 Å². The average Bonchev–Trinajstić information content (AvgIpc) is 3.17. The lowest BCUT2D eigenvalue weighted by molar-refractivity contribution is -0.110. The van der Waals surface area contributed by atoms with Gasteiger partial charge in [0.2, 0.25) is 5.95 Å². The SMILES string of the molecule is N=C(C(=O)Nc1ccc2nc[nH]c2c1)c1cc(Nc2ccnc(N)n2)ccc1N. The fourth-order valence-corrected chi connectivity index (χ4v) is 2.77. The molecule has 29 heavy (non-hydrogen) atoms. The van der Waals surface area contributed by atoms with Crippen LogP contribution >= 0.6 is 0 Å². The second-order valence-electron chi connectivity index (χ2n) is 6.19. The van der Waals surface area contributed by atoms with E-state index in [2.05, 4.69) is 30.6 Å². The summed E-state index contributed by atoms with van der Waals surface area (Å²) in [6.45, 7) is 0. The molecule has 0 aliphatic rings. The molecule has 0 aliphatic carbocycles. The lowest BCUT2D eigenvalue weighted by Crippen LogP contribution is -2.24. The summed E-state index contributed by atoms with van der Waals surface area (Å²) in [6, 6.07) is 11.8. The third-order valence-electron chi connectivity index (χ3n) is 4.17. The van der Waals surface area contributed by atoms with Gasteiger partial charge in [-0.3, -0.25) is 10.2 Å². The van der Waals surface area contributed by atoms with E-state index in [0.717, 1.165) is 11.0 Å². The minimum Gasteiger partial charge on any atom is -0.398 e. The van der Waals surface area contributed by atoms with Crippen molar-refractivity contribution in [3.63, 3.8) is 0 Å². The number of hydrogen-bond donors (Lipinski definition) is 6. The highest BCUT2D eigenvalue weighted by Crippen LogP contribution is 2.22. The van der Waals surface area contributed by atoms with Gasteiger partial charge in [0, 0.05) is 28.8 Å². The zero-order valence-electron chi connectivity index (χ0n) is 15.1. The number of H-pyrrole nitrogens is 1. The van der Waals surface area contributed by atoms with Gasteiger partial charge in [-0.1, -0.05) is 0 Å². The number of nitrogens with two attached hydrogens (primary N) is 2. The number of aromatic nitrogens is 4. The Balaban J connectivity index is 1.54. The Morgan fingerprint density at radius 3 is 2.69 bits per heavy atom. The third-order valence-corrected chi connectivity index (χ3v) is 4.17. The normalized spacial score (nSPS) is 10.6. The van der Waals surface area contributed by atoms with E-state index < -0.39 is 5.91 Å². The summed E-state index contributed by atoms with van der Waals surface area (Å²) in [5, 5.41) is 14.0. The van der Waals surface area contributed by atoms with Gasteiger partial charge in [-0.25, -0.2) is 9.97 Å². The number of amides is 1. The number of nitrogen functional groups attached to an aromatic ring is 2. The molecule has 0 fully saturated rings. The maximum absolute atomic E-state index is 12.6. The molecule has 0 unspecified atom stereocenters. The highest BCUT2D eigenvalue weighted by atomic mass is 16.1. The van der Waals surface area contributed by atoms with E-state index in [4.69, 9.17) is 16.9 Å². The summed E-state index contributed by atoms with van der Waals surface area (Å²) in [6.07, 6.45) is 3.09. The number of carbonyl (C=O) groups is 1. The molecule has 0 saturated heterocycles. The highest BCUT2D eigenvalue weighted by Gasteiger charge is 2.16. The van der Waals surface area contributed by atoms with Crippen molar-refractivity contribution < 1.29 is 4.79 Å². The lowest BCUT2D eigenvalue weighted by atomic mass is 10.1. The van der Waals surface area contributed by atoms with Crippen LogP contribution in [-0.2, 0) is 4.79 Å². The summed E-state index contributed by atoms with van der Waals surface area (Å²) >= 11 is 0. The van der Waals surface area contributed by atoms with Gasteiger partial charge in [-0.2, -0.15) is 4.98 Å². The summed E-state index contributed by atoms with van der Waals surface area (Å²) in [4.78, 5) is 27.6. The molecule has 4 aromatic rings. The first-order valence-electron chi connectivity index (χ1n) is 8.58. The molecule has 0 radical (unpaired) electrons. The first-order chi connectivity index (χ1) is 14.0. The standard InChI is InChI=1S/C19H17N9O/c20-13-3-1-10(26-16-5-6-23-19(22)28-16)7-12(13)17(21)18(29)27-11-2-4-14-15(8-11)25-9-24-14/h1-9,21H,20H2,(H,24,25)(H,27,29)(H3,22,23,26,28). The number of carbonyl (C=O) groups excluding carboxylic acids is 1. The van der Waals surface area contributed by atoms with Crippen LogP contribution in [0.2, 0.25) is 0 Å². The quantitative estimate of drug-likeness (QED) is 0.225. The molecule has 10 nitrogen and oxygen atoms in total. The number of rotatable bonds is 5. The van der Waals surface area contributed by atoms with Crippen LogP contribution in [0, 0.1) is 5.41 Å². The fourth-order valence-electron chi connectivity index (χ4n) is 2.77. The minimum atomic E-state index is -0.584. The van der Waals surface area contributed by atoms with Gasteiger partial charge in [0.15, 0.2) is 0 Å². The predicted octanol–water partition coefficient (Wildman–Crippen LogP) is 2.27. The summed E-state index contributed by atoms with van der Waals surface area (Å²) < 4.78 is 0. The molecule has 0 atom stereocenters. The van der Waals surface area contributed by atoms with E-state index in [1.807, 2.05) is 0 Å². The van der Waals surface area contributed by atoms with Crippen LogP contribution in [-0.4, -0.2) is 31.6 Å². The number of benzene rings is 2. The zero-order valence-corrected chi connectivity index (χ0v) is 15.1. The van der Waals surface area contributed by atoms with E-state index in [-0.39, 0.29) is 17.2 Å². The molecular formula is C19H17N9O. The number of anilines is 5. The summed E-state index contributed by atoms with van der Waals surface area (Å²) in [5.41, 5.74) is 14.6. The molecule has 10 heteroatoms. The summed E-state index contributed by atoms with van der Waals surface area (Å²) in [7, 11) is 0. The van der Waals surface area contributed by atoms with Crippen LogP contribution in [0.15, 0.2) is 55.0 Å². The van der Waals surface area contributed by atoms with Crippen molar-refractivity contribution in [2.75, 3.05) is 22.1 Å². The summed E-state index contributed by atoms with van der Waals surface area (Å²) in [5.74, 6) is 0.0306. The van der Waals surface area contributed by atoms with Crippen LogP contribution in [0.5, 0.6) is 0 Å². The molecule has 0 spiro atoms. The molecule has 2 aromatic heterocycles. The van der Waals surface area contributed by atoms with Crippen molar-refractivity contribution in [1.82, 2.24) is 19.9 Å². The maximum atomic E-state index is 12.6. The lowest BCUT2D eigenvalue weighted by Gasteiger charge is -2.12. The first kappa shape index (κ1) is 17.9. The Labute approximate surface area is 164 Å². The average molecular weight is 387 g/mol. The van der Waals surface area contributed by atoms with Crippen molar-refractivity contribution in [1.29, 1.82) is 5.41 Å². The number of hydrogen-bond acceptors (Lipinski definition) is 8. The zero-order chi connectivity index (χ0) is 20.4. The molecule has 0 aliphatic heterocycles. The third kappa shape index (κ3) is 3.81. The van der Waals surface area contributed by atoms with Crippen LogP contribution in [0.3, 0.4) is 0 Å². The second kappa shape index (κ2) is 7.27. The van der Waals surface area contributed by atoms with Crippen LogP contribution < -0.4 is 22.1 Å². The highest BCUT2D eigenvalue weighted by molar-refractivity contribution is 6.48. The van der Waals surface area contributed by atoms with Crippen LogP contribution in [0.4, 0.5) is 28.8 Å². The number of nitrogens with zero attached hydrogens (tertiary/aromatic N) is 3. The van der Waals surface area contributed by atoms with Gasteiger partial charge < -0.3 is 27.1 Å². The Hall–Kier alpha value is -4.47. The van der Waals surface area contributed by atoms with Crippen LogP contribution in [0.1, 0.15) is 5.56 Å². The Kier molecular flexibility index (Phi) is 4.49. The van der Waals surface area contributed by atoms with Gasteiger partial charge >= 0.3 is 0 Å². The van der Waals surface area contributed by atoms with E-state index in [9.17, 15) is 4.79 Å². The largest absolute Gasteiger partial charge is 0.398 e. The number of fused-ring (bicyclic) bond motifs is 1. The van der Waals surface area contributed by atoms with Crippen molar-refractivity contribution in [3.05, 3.63) is 60.6 Å². The van der Waals surface area contributed by atoms with Crippen molar-refractivity contribution in [2.24, 2.45) is 0 Å². The maximum Gasteiger partial charge on any atom is 0.274 e. The Morgan fingerprint density at radius 1 is 1.03 bits per heavy atom. The van der Waals surface area contributed by atoms with Crippen molar-refractivity contribution in [2.45, 2.75) is 0 Å². The Bertz CT molecular complexity index is 1230. The second-order valence-corrected chi connectivity index (χ2v) is 6.19. The topological polar surface area (TPSA) is 171 Å². The molecule has 1 amide bonds. The van der Waals surface area contributed by atoms with E-state index in [1.165, 1.54) is 6.20 Å². The fraction of sp³-hybridized carbons (Fsp3) is 0. The molecule has 8 N–H and O–H groups in total. The van der Waals surface area contributed by atoms with Crippen LogP contribution in [0.25, 0.3) is 11.0 Å². The molecule has 2 aromatic carbocycles. The van der Waals surface area contributed by atoms with Crippen molar-refractivity contribution in [3.8, 4) is 0 Å². The molecule has 0 bridgehead atoms. The van der Waals surface area contributed by atoms with Gasteiger partial charge in [-0.05, 0) is 42.5 Å². The first-order valence-corrected chi connectivity index (χ1v) is 8.58. The van der Waals surface area contributed by atoms with E-state index >= 15 is 0 Å². The molecular weight excluding hydrogens is 370 g/mol. The Morgan fingerprint density at radius 2 is 1.86 bits per heavy atom. The molecule has 0 saturated carbocycles. The number of nitrogens with one attached hydrogen (secondary N) is 4. The van der Waals surface area contributed by atoms with Crippen molar-refractivity contribution >= 4 is 51.5 Å². The van der Waals surface area contributed by atoms with Gasteiger partial charge in [0.25, 0.3) is 5.91 Å². The van der Waals surface area contributed by atoms with Gasteiger partial charge in [0.1, 0.15) is 11.5 Å². The molecule has 4 rings (SSSR count). The smallest absolute Gasteiger partial charge is 0.274 e. The predicted molar refractivity (Wildman–Crippen MR) is 112 cm³/mol. The monoisotopic (exact) mass is 387 g/mol. The van der Waals surface area contributed by atoms with E-state index in [0.29, 0.717) is 22.9 Å². The number of aromatic amines is 1.